The molecule has 1 aromatic carbocycles. The summed E-state index contributed by atoms with van der Waals surface area (Å²) in [4.78, 5) is 12.8. The third kappa shape index (κ3) is 2.55. The Morgan fingerprint density at radius 1 is 1.33 bits per heavy atom. The SMILES string of the molecule is Cl.Fc1ccc2sc(NC3=NO[C@@]4(C3)CN3CCC4CC3)nc2c1. The fourth-order valence-electron chi connectivity index (χ4n) is 4.07. The molecule has 1 atom stereocenters. The zero-order valence-corrected chi connectivity index (χ0v) is 14.6. The molecule has 5 nitrogen and oxygen atoms in total. The molecule has 3 fully saturated rings. The van der Waals surface area contributed by atoms with Crippen LogP contribution in [-0.4, -0.2) is 41.0 Å². The summed E-state index contributed by atoms with van der Waals surface area (Å²) in [5.74, 6) is 1.17. The zero-order chi connectivity index (χ0) is 15.4. The number of nitrogens with one attached hydrogen (secondary N) is 1. The number of piperidine rings is 3. The van der Waals surface area contributed by atoms with Gasteiger partial charge < -0.3 is 10.2 Å². The summed E-state index contributed by atoms with van der Waals surface area (Å²) in [5.41, 5.74) is 0.524. The smallest absolute Gasteiger partial charge is 0.189 e. The van der Waals surface area contributed by atoms with Crippen LogP contribution in [-0.2, 0) is 4.84 Å². The van der Waals surface area contributed by atoms with E-state index in [4.69, 9.17) is 4.84 Å². The van der Waals surface area contributed by atoms with Gasteiger partial charge in [-0.25, -0.2) is 9.37 Å². The predicted molar refractivity (Wildman–Crippen MR) is 95.5 cm³/mol. The molecular formula is C16H18ClFN4OS. The Hall–Kier alpha value is -1.44. The number of anilines is 1. The van der Waals surface area contributed by atoms with Crippen molar-refractivity contribution in [2.75, 3.05) is 25.0 Å². The first-order valence-electron chi connectivity index (χ1n) is 8.01. The predicted octanol–water partition coefficient (Wildman–Crippen LogP) is 3.47. The molecule has 4 aliphatic heterocycles. The molecule has 2 aromatic rings. The number of fused-ring (bicyclic) bond motifs is 3. The van der Waals surface area contributed by atoms with E-state index in [-0.39, 0.29) is 23.8 Å². The molecule has 128 valence electrons. The monoisotopic (exact) mass is 368 g/mol. The molecule has 4 aliphatic rings. The highest BCUT2D eigenvalue weighted by atomic mass is 35.5. The van der Waals surface area contributed by atoms with Crippen molar-refractivity contribution >= 4 is 44.9 Å². The molecule has 1 spiro atoms. The maximum atomic E-state index is 13.3. The van der Waals surface area contributed by atoms with E-state index in [1.165, 1.54) is 49.4 Å². The quantitative estimate of drug-likeness (QED) is 0.837. The van der Waals surface area contributed by atoms with Gasteiger partial charge >= 0.3 is 0 Å². The van der Waals surface area contributed by atoms with Crippen LogP contribution in [0.1, 0.15) is 19.3 Å². The Bertz CT molecular complexity index is 804. The Labute approximate surface area is 149 Å². The van der Waals surface area contributed by atoms with Crippen LogP contribution in [0.4, 0.5) is 9.52 Å². The average molecular weight is 369 g/mol. The third-order valence-electron chi connectivity index (χ3n) is 5.23. The van der Waals surface area contributed by atoms with E-state index in [0.717, 1.165) is 28.6 Å². The van der Waals surface area contributed by atoms with Crippen LogP contribution in [0.3, 0.4) is 0 Å². The maximum absolute atomic E-state index is 13.3. The van der Waals surface area contributed by atoms with Gasteiger partial charge in [0.25, 0.3) is 0 Å². The van der Waals surface area contributed by atoms with Gasteiger partial charge in [0.1, 0.15) is 5.82 Å². The summed E-state index contributed by atoms with van der Waals surface area (Å²) in [5, 5.41) is 8.30. The number of thiazole rings is 1. The van der Waals surface area contributed by atoms with Crippen molar-refractivity contribution < 1.29 is 9.23 Å². The minimum absolute atomic E-state index is 0. The standard InChI is InChI=1S/C16H17FN4OS.ClH/c17-11-1-2-13-12(7-11)18-15(23-13)19-14-8-16(22-20-14)9-21-5-3-10(16)4-6-21;/h1-2,7,10H,3-6,8-9H2,(H,18,19,20);1H/t16-;/m0./s1. The first-order chi connectivity index (χ1) is 11.2. The van der Waals surface area contributed by atoms with Gasteiger partial charge in [0, 0.05) is 18.5 Å². The number of aromatic nitrogens is 1. The lowest BCUT2D eigenvalue weighted by Gasteiger charge is -2.49. The minimum Gasteiger partial charge on any atom is -0.386 e. The average Bonchev–Trinajstić information content (AvgIpc) is 3.12. The summed E-state index contributed by atoms with van der Waals surface area (Å²) in [6.45, 7) is 3.33. The largest absolute Gasteiger partial charge is 0.386 e. The molecule has 8 heteroatoms. The molecule has 0 radical (unpaired) electrons. The van der Waals surface area contributed by atoms with Gasteiger partial charge in [-0.2, -0.15) is 0 Å². The number of rotatable bonds is 1. The van der Waals surface area contributed by atoms with Gasteiger partial charge in [-0.1, -0.05) is 16.5 Å². The second-order valence-corrected chi connectivity index (χ2v) is 7.71. The van der Waals surface area contributed by atoms with Crippen LogP contribution in [0.5, 0.6) is 0 Å². The topological polar surface area (TPSA) is 49.8 Å². The van der Waals surface area contributed by atoms with Crippen LogP contribution in [0, 0.1) is 11.7 Å². The second-order valence-electron chi connectivity index (χ2n) is 6.68. The number of amidine groups is 1. The lowest BCUT2D eigenvalue weighted by molar-refractivity contribution is -0.136. The first kappa shape index (κ1) is 16.1. The summed E-state index contributed by atoms with van der Waals surface area (Å²) in [6, 6.07) is 4.68. The highest BCUT2D eigenvalue weighted by molar-refractivity contribution is 7.22. The van der Waals surface area contributed by atoms with E-state index >= 15 is 0 Å². The van der Waals surface area contributed by atoms with Gasteiger partial charge in [0.15, 0.2) is 16.6 Å². The highest BCUT2D eigenvalue weighted by Gasteiger charge is 2.52. The van der Waals surface area contributed by atoms with Crippen LogP contribution < -0.4 is 5.32 Å². The Morgan fingerprint density at radius 2 is 2.17 bits per heavy atom. The van der Waals surface area contributed by atoms with Crippen molar-refractivity contribution in [1.29, 1.82) is 0 Å². The Kier molecular flexibility index (Phi) is 3.89. The number of halogens is 2. The number of hydrogen-bond donors (Lipinski definition) is 1. The number of benzene rings is 1. The molecule has 2 bridgehead atoms. The van der Waals surface area contributed by atoms with E-state index < -0.39 is 0 Å². The number of oxime groups is 1. The van der Waals surface area contributed by atoms with Crippen molar-refractivity contribution in [3.05, 3.63) is 24.0 Å². The fourth-order valence-corrected chi connectivity index (χ4v) is 4.93. The molecular weight excluding hydrogens is 351 g/mol. The summed E-state index contributed by atoms with van der Waals surface area (Å²) < 4.78 is 14.2. The van der Waals surface area contributed by atoms with E-state index in [0.29, 0.717) is 11.4 Å². The summed E-state index contributed by atoms with van der Waals surface area (Å²) >= 11 is 1.51. The lowest BCUT2D eigenvalue weighted by atomic mass is 9.73. The van der Waals surface area contributed by atoms with Crippen molar-refractivity contribution in [3.63, 3.8) is 0 Å². The Morgan fingerprint density at radius 3 is 2.92 bits per heavy atom. The zero-order valence-electron chi connectivity index (χ0n) is 13.0. The van der Waals surface area contributed by atoms with Crippen LogP contribution in [0.15, 0.2) is 23.4 Å². The second kappa shape index (κ2) is 5.82. The van der Waals surface area contributed by atoms with Crippen molar-refractivity contribution in [2.45, 2.75) is 24.9 Å². The number of hydrogen-bond acceptors (Lipinski definition) is 6. The van der Waals surface area contributed by atoms with Crippen molar-refractivity contribution in [2.24, 2.45) is 11.1 Å². The minimum atomic E-state index is -0.262. The molecule has 0 amide bonds. The molecule has 0 unspecified atom stereocenters. The maximum Gasteiger partial charge on any atom is 0.189 e. The van der Waals surface area contributed by atoms with E-state index in [1.807, 2.05) is 0 Å². The third-order valence-corrected chi connectivity index (χ3v) is 6.18. The van der Waals surface area contributed by atoms with Crippen LogP contribution in [0.25, 0.3) is 10.2 Å². The van der Waals surface area contributed by atoms with Gasteiger partial charge in [-0.15, -0.1) is 12.4 Å². The molecule has 1 aromatic heterocycles. The van der Waals surface area contributed by atoms with E-state index in [2.05, 4.69) is 20.4 Å². The van der Waals surface area contributed by atoms with Crippen LogP contribution >= 0.6 is 23.7 Å². The molecule has 0 saturated carbocycles. The van der Waals surface area contributed by atoms with Crippen LogP contribution in [0.2, 0.25) is 0 Å². The van der Waals surface area contributed by atoms with Gasteiger partial charge in [-0.05, 0) is 38.1 Å². The molecule has 3 saturated heterocycles. The lowest BCUT2D eigenvalue weighted by Crippen LogP contribution is -2.59. The summed E-state index contributed by atoms with van der Waals surface area (Å²) in [6.07, 6.45) is 3.20. The molecule has 6 rings (SSSR count). The van der Waals surface area contributed by atoms with E-state index in [1.54, 1.807) is 6.07 Å². The number of nitrogens with zero attached hydrogens (tertiary/aromatic N) is 3. The highest BCUT2D eigenvalue weighted by Crippen LogP contribution is 2.43. The van der Waals surface area contributed by atoms with Crippen molar-refractivity contribution in [3.8, 4) is 0 Å². The molecule has 0 aliphatic carbocycles. The summed E-state index contributed by atoms with van der Waals surface area (Å²) in [7, 11) is 0. The first-order valence-corrected chi connectivity index (χ1v) is 8.82. The molecule has 1 N–H and O–H groups in total. The van der Waals surface area contributed by atoms with Gasteiger partial charge in [0.2, 0.25) is 0 Å². The van der Waals surface area contributed by atoms with Gasteiger partial charge in [-0.3, -0.25) is 4.90 Å². The fraction of sp³-hybridized carbons (Fsp3) is 0.500. The normalized spacial score (nSPS) is 31.0. The Balaban J connectivity index is 0.00000146. The van der Waals surface area contributed by atoms with E-state index in [9.17, 15) is 4.39 Å². The molecule has 5 heterocycles. The van der Waals surface area contributed by atoms with Crippen molar-refractivity contribution in [1.82, 2.24) is 9.88 Å². The van der Waals surface area contributed by atoms with Gasteiger partial charge in [0.05, 0.1) is 16.6 Å². The molecule has 24 heavy (non-hydrogen) atoms.